The summed E-state index contributed by atoms with van der Waals surface area (Å²) in [6.07, 6.45) is 5.21. The van der Waals surface area contributed by atoms with Gasteiger partial charge in [-0.1, -0.05) is 12.8 Å². The quantitative estimate of drug-likeness (QED) is 0.629. The SMILES string of the molecule is COC(=O)CC(N)CCC1CC1. The Labute approximate surface area is 73.3 Å². The summed E-state index contributed by atoms with van der Waals surface area (Å²) in [4.78, 5) is 10.8. The lowest BCUT2D eigenvalue weighted by molar-refractivity contribution is -0.141. The molecule has 1 aliphatic rings. The number of carbonyl (C=O) groups is 1. The summed E-state index contributed by atoms with van der Waals surface area (Å²) in [5.74, 6) is 0.701. The van der Waals surface area contributed by atoms with Gasteiger partial charge < -0.3 is 10.5 Å². The first-order valence-electron chi connectivity index (χ1n) is 4.54. The van der Waals surface area contributed by atoms with Crippen LogP contribution in [0.3, 0.4) is 0 Å². The minimum atomic E-state index is -0.196. The van der Waals surface area contributed by atoms with Crippen LogP contribution in [0.15, 0.2) is 0 Å². The third-order valence-corrected chi connectivity index (χ3v) is 2.30. The molecule has 0 aromatic heterocycles. The molecular weight excluding hydrogens is 154 g/mol. The number of hydrogen-bond acceptors (Lipinski definition) is 3. The molecule has 0 aromatic rings. The highest BCUT2D eigenvalue weighted by molar-refractivity contribution is 5.69. The van der Waals surface area contributed by atoms with Gasteiger partial charge in [0.05, 0.1) is 13.5 Å². The van der Waals surface area contributed by atoms with Gasteiger partial charge in [0.25, 0.3) is 0 Å². The van der Waals surface area contributed by atoms with E-state index >= 15 is 0 Å². The van der Waals surface area contributed by atoms with Gasteiger partial charge in [-0.25, -0.2) is 0 Å². The predicted molar refractivity (Wildman–Crippen MR) is 46.6 cm³/mol. The van der Waals surface area contributed by atoms with Crippen LogP contribution in [0.1, 0.15) is 32.1 Å². The van der Waals surface area contributed by atoms with Gasteiger partial charge in [0, 0.05) is 6.04 Å². The Balaban J connectivity index is 2.01. The number of nitrogens with two attached hydrogens (primary N) is 1. The molecule has 12 heavy (non-hydrogen) atoms. The number of methoxy groups -OCH3 is 1. The molecular formula is C9H17NO2. The summed E-state index contributed by atoms with van der Waals surface area (Å²) in [7, 11) is 1.40. The monoisotopic (exact) mass is 171 g/mol. The zero-order chi connectivity index (χ0) is 8.97. The molecule has 0 heterocycles. The molecule has 1 fully saturated rings. The van der Waals surface area contributed by atoms with Crippen LogP contribution in [0.2, 0.25) is 0 Å². The van der Waals surface area contributed by atoms with Crippen molar-refractivity contribution >= 4 is 5.97 Å². The lowest BCUT2D eigenvalue weighted by Crippen LogP contribution is -2.24. The van der Waals surface area contributed by atoms with Crippen molar-refractivity contribution in [1.82, 2.24) is 0 Å². The molecule has 0 saturated heterocycles. The van der Waals surface area contributed by atoms with Crippen molar-refractivity contribution in [2.75, 3.05) is 7.11 Å². The van der Waals surface area contributed by atoms with Gasteiger partial charge in [-0.2, -0.15) is 0 Å². The molecule has 0 aliphatic heterocycles. The van der Waals surface area contributed by atoms with E-state index in [1.807, 2.05) is 0 Å². The van der Waals surface area contributed by atoms with Crippen molar-refractivity contribution < 1.29 is 9.53 Å². The molecule has 0 bridgehead atoms. The summed E-state index contributed by atoms with van der Waals surface area (Å²) in [5.41, 5.74) is 5.73. The molecule has 0 aromatic carbocycles. The highest BCUT2D eigenvalue weighted by Gasteiger charge is 2.22. The number of ether oxygens (including phenoxy) is 1. The molecule has 0 spiro atoms. The molecule has 0 amide bonds. The third-order valence-electron chi connectivity index (χ3n) is 2.30. The maximum Gasteiger partial charge on any atom is 0.307 e. The summed E-state index contributed by atoms with van der Waals surface area (Å²) in [6.45, 7) is 0. The maximum absolute atomic E-state index is 10.8. The predicted octanol–water partition coefficient (Wildman–Crippen LogP) is 1.07. The topological polar surface area (TPSA) is 52.3 Å². The van der Waals surface area contributed by atoms with Gasteiger partial charge in [0.15, 0.2) is 0 Å². The largest absolute Gasteiger partial charge is 0.469 e. The Bertz CT molecular complexity index is 155. The van der Waals surface area contributed by atoms with Gasteiger partial charge in [-0.3, -0.25) is 4.79 Å². The van der Waals surface area contributed by atoms with Crippen molar-refractivity contribution in [1.29, 1.82) is 0 Å². The second kappa shape index (κ2) is 4.45. The van der Waals surface area contributed by atoms with Gasteiger partial charge >= 0.3 is 5.97 Å². The van der Waals surface area contributed by atoms with E-state index in [0.717, 1.165) is 12.3 Å². The molecule has 1 aliphatic carbocycles. The van der Waals surface area contributed by atoms with Gasteiger partial charge in [-0.05, 0) is 18.8 Å². The number of esters is 1. The van der Waals surface area contributed by atoms with Gasteiger partial charge in [0.1, 0.15) is 0 Å². The van der Waals surface area contributed by atoms with Crippen LogP contribution in [-0.2, 0) is 9.53 Å². The highest BCUT2D eigenvalue weighted by Crippen LogP contribution is 2.33. The lowest BCUT2D eigenvalue weighted by Gasteiger charge is -2.08. The van der Waals surface area contributed by atoms with E-state index in [1.165, 1.54) is 26.4 Å². The Morgan fingerprint density at radius 2 is 2.33 bits per heavy atom. The average Bonchev–Trinajstić information content (AvgIpc) is 2.83. The Morgan fingerprint density at radius 1 is 1.67 bits per heavy atom. The maximum atomic E-state index is 10.8. The first-order valence-corrected chi connectivity index (χ1v) is 4.54. The van der Waals surface area contributed by atoms with Gasteiger partial charge in [0.2, 0.25) is 0 Å². The molecule has 0 radical (unpaired) electrons. The van der Waals surface area contributed by atoms with E-state index in [1.54, 1.807) is 0 Å². The van der Waals surface area contributed by atoms with Crippen LogP contribution < -0.4 is 5.73 Å². The summed E-state index contributed by atoms with van der Waals surface area (Å²) >= 11 is 0. The third kappa shape index (κ3) is 3.72. The van der Waals surface area contributed by atoms with E-state index in [-0.39, 0.29) is 12.0 Å². The smallest absolute Gasteiger partial charge is 0.307 e. The van der Waals surface area contributed by atoms with Crippen molar-refractivity contribution in [2.45, 2.75) is 38.1 Å². The lowest BCUT2D eigenvalue weighted by atomic mass is 10.1. The van der Waals surface area contributed by atoms with Crippen molar-refractivity contribution in [3.8, 4) is 0 Å². The van der Waals surface area contributed by atoms with Crippen LogP contribution in [0.25, 0.3) is 0 Å². The van der Waals surface area contributed by atoms with E-state index in [0.29, 0.717) is 6.42 Å². The molecule has 1 saturated carbocycles. The molecule has 3 nitrogen and oxygen atoms in total. The molecule has 70 valence electrons. The van der Waals surface area contributed by atoms with E-state index in [9.17, 15) is 4.79 Å². The van der Waals surface area contributed by atoms with E-state index < -0.39 is 0 Å². The fraction of sp³-hybridized carbons (Fsp3) is 0.889. The fourth-order valence-electron chi connectivity index (χ4n) is 1.26. The van der Waals surface area contributed by atoms with Gasteiger partial charge in [-0.15, -0.1) is 0 Å². The molecule has 3 heteroatoms. The number of carbonyl (C=O) groups excluding carboxylic acids is 1. The minimum absolute atomic E-state index is 0.00181. The van der Waals surface area contributed by atoms with E-state index in [4.69, 9.17) is 5.73 Å². The Hall–Kier alpha value is -0.570. The second-order valence-electron chi connectivity index (χ2n) is 3.56. The standard InChI is InChI=1S/C9H17NO2/c1-12-9(11)6-8(10)5-4-7-2-3-7/h7-8H,2-6,10H2,1H3. The molecule has 1 rings (SSSR count). The van der Waals surface area contributed by atoms with Crippen LogP contribution in [0.5, 0.6) is 0 Å². The molecule has 1 unspecified atom stereocenters. The van der Waals surface area contributed by atoms with Crippen molar-refractivity contribution in [3.05, 3.63) is 0 Å². The summed E-state index contributed by atoms with van der Waals surface area (Å²) in [6, 6.07) is -0.00181. The van der Waals surface area contributed by atoms with Crippen LogP contribution in [-0.4, -0.2) is 19.1 Å². The number of hydrogen-bond donors (Lipinski definition) is 1. The van der Waals surface area contributed by atoms with Crippen LogP contribution in [0, 0.1) is 5.92 Å². The first kappa shape index (κ1) is 9.52. The summed E-state index contributed by atoms with van der Waals surface area (Å²) in [5, 5.41) is 0. The minimum Gasteiger partial charge on any atom is -0.469 e. The zero-order valence-corrected chi connectivity index (χ0v) is 7.58. The zero-order valence-electron chi connectivity index (χ0n) is 7.58. The summed E-state index contributed by atoms with van der Waals surface area (Å²) < 4.78 is 4.52. The van der Waals surface area contributed by atoms with Crippen molar-refractivity contribution in [2.24, 2.45) is 11.7 Å². The second-order valence-corrected chi connectivity index (χ2v) is 3.56. The highest BCUT2D eigenvalue weighted by atomic mass is 16.5. The Kier molecular flexibility index (Phi) is 3.53. The molecule has 2 N–H and O–H groups in total. The van der Waals surface area contributed by atoms with Crippen molar-refractivity contribution in [3.63, 3.8) is 0 Å². The fourth-order valence-corrected chi connectivity index (χ4v) is 1.26. The Morgan fingerprint density at radius 3 is 2.83 bits per heavy atom. The van der Waals surface area contributed by atoms with Crippen LogP contribution in [0.4, 0.5) is 0 Å². The average molecular weight is 171 g/mol. The molecule has 1 atom stereocenters. The first-order chi connectivity index (χ1) is 5.72. The van der Waals surface area contributed by atoms with E-state index in [2.05, 4.69) is 4.74 Å². The normalized spacial score (nSPS) is 18.8. The van der Waals surface area contributed by atoms with Crippen LogP contribution >= 0.6 is 0 Å². The number of rotatable bonds is 5.